The molecule has 0 amide bonds. The molecule has 0 aliphatic heterocycles. The van der Waals surface area contributed by atoms with Crippen LogP contribution in [0, 0.1) is 3.70 Å². The van der Waals surface area contributed by atoms with Gasteiger partial charge in [-0.3, -0.25) is 0 Å². The molecular weight excluding hydrogens is 362 g/mol. The van der Waals surface area contributed by atoms with Crippen LogP contribution in [0.3, 0.4) is 0 Å². The lowest BCUT2D eigenvalue weighted by Crippen LogP contribution is -2.20. The SMILES string of the molecule is NCc1c(C(F)F)cc(I)nc1OC(F)(F)F. The third-order valence-corrected chi connectivity index (χ3v) is 2.29. The maximum atomic E-state index is 12.6. The molecule has 0 spiro atoms. The van der Waals surface area contributed by atoms with Crippen LogP contribution in [-0.4, -0.2) is 11.3 Å². The molecule has 0 saturated heterocycles. The van der Waals surface area contributed by atoms with Crippen LogP contribution >= 0.6 is 22.6 Å². The van der Waals surface area contributed by atoms with Crippen molar-refractivity contribution in [1.82, 2.24) is 4.98 Å². The summed E-state index contributed by atoms with van der Waals surface area (Å²) in [4.78, 5) is 3.40. The molecule has 0 fully saturated rings. The molecule has 17 heavy (non-hydrogen) atoms. The summed E-state index contributed by atoms with van der Waals surface area (Å²) < 4.78 is 64.8. The number of hydrogen-bond acceptors (Lipinski definition) is 3. The zero-order valence-corrected chi connectivity index (χ0v) is 10.2. The first-order valence-corrected chi connectivity index (χ1v) is 5.25. The summed E-state index contributed by atoms with van der Waals surface area (Å²) in [6.07, 6.45) is -7.94. The fourth-order valence-corrected chi connectivity index (χ4v) is 1.68. The second kappa shape index (κ2) is 5.29. The van der Waals surface area contributed by atoms with Crippen molar-refractivity contribution in [2.24, 2.45) is 5.73 Å². The second-order valence-corrected chi connectivity index (χ2v) is 3.98. The van der Waals surface area contributed by atoms with E-state index in [4.69, 9.17) is 5.73 Å². The van der Waals surface area contributed by atoms with Gasteiger partial charge in [0.1, 0.15) is 3.70 Å². The number of pyridine rings is 1. The third-order valence-electron chi connectivity index (χ3n) is 1.74. The van der Waals surface area contributed by atoms with E-state index in [0.717, 1.165) is 6.07 Å². The largest absolute Gasteiger partial charge is 0.574 e. The molecule has 0 unspecified atom stereocenters. The quantitative estimate of drug-likeness (QED) is 0.507. The highest BCUT2D eigenvalue weighted by Crippen LogP contribution is 2.32. The Hall–Kier alpha value is -0.710. The van der Waals surface area contributed by atoms with Gasteiger partial charge in [0.05, 0.1) is 0 Å². The van der Waals surface area contributed by atoms with Crippen LogP contribution < -0.4 is 10.5 Å². The van der Waals surface area contributed by atoms with Crippen LogP contribution in [0.4, 0.5) is 22.0 Å². The molecule has 0 saturated carbocycles. The van der Waals surface area contributed by atoms with E-state index >= 15 is 0 Å². The summed E-state index contributed by atoms with van der Waals surface area (Å²) >= 11 is 1.52. The topological polar surface area (TPSA) is 48.1 Å². The van der Waals surface area contributed by atoms with Gasteiger partial charge in [0, 0.05) is 17.7 Å². The average Bonchev–Trinajstić information content (AvgIpc) is 2.14. The Bertz CT molecular complexity index is 410. The Labute approximate surface area is 106 Å². The lowest BCUT2D eigenvalue weighted by atomic mass is 10.1. The van der Waals surface area contributed by atoms with Crippen LogP contribution in [0.1, 0.15) is 17.6 Å². The zero-order chi connectivity index (χ0) is 13.2. The molecule has 1 heterocycles. The second-order valence-electron chi connectivity index (χ2n) is 2.87. The highest BCUT2D eigenvalue weighted by molar-refractivity contribution is 14.1. The van der Waals surface area contributed by atoms with E-state index in [9.17, 15) is 22.0 Å². The Morgan fingerprint density at radius 1 is 1.41 bits per heavy atom. The van der Waals surface area contributed by atoms with Crippen LogP contribution in [0.15, 0.2) is 6.07 Å². The standard InChI is InChI=1S/C8H6F5IN2O/c9-6(10)3-1-5(14)16-7(4(3)2-15)17-8(11,12)13/h1,6H,2,15H2. The maximum Gasteiger partial charge on any atom is 0.574 e. The molecule has 0 bridgehead atoms. The molecule has 0 atom stereocenters. The highest BCUT2D eigenvalue weighted by atomic mass is 127. The van der Waals surface area contributed by atoms with Crippen molar-refractivity contribution in [3.63, 3.8) is 0 Å². The number of nitrogens with two attached hydrogens (primary N) is 1. The Kier molecular flexibility index (Phi) is 4.47. The Balaban J connectivity index is 3.28. The van der Waals surface area contributed by atoms with Crippen LogP contribution in [0.5, 0.6) is 5.88 Å². The van der Waals surface area contributed by atoms with Gasteiger partial charge < -0.3 is 10.5 Å². The van der Waals surface area contributed by atoms with Gasteiger partial charge in [-0.25, -0.2) is 13.8 Å². The van der Waals surface area contributed by atoms with Gasteiger partial charge in [-0.1, -0.05) is 0 Å². The zero-order valence-electron chi connectivity index (χ0n) is 8.06. The summed E-state index contributed by atoms with van der Waals surface area (Å²) in [6.45, 7) is -0.519. The molecule has 9 heteroatoms. The first-order chi connectivity index (χ1) is 7.74. The number of alkyl halides is 5. The minimum Gasteiger partial charge on any atom is -0.387 e. The molecule has 96 valence electrons. The van der Waals surface area contributed by atoms with Gasteiger partial charge in [-0.05, 0) is 28.7 Å². The molecule has 1 aromatic heterocycles. The molecular formula is C8H6F5IN2O. The minimum atomic E-state index is -5.00. The summed E-state index contributed by atoms with van der Waals surface area (Å²) in [5, 5.41) is 0. The van der Waals surface area contributed by atoms with Crippen molar-refractivity contribution >= 4 is 22.6 Å². The molecule has 2 N–H and O–H groups in total. The normalized spacial score (nSPS) is 12.0. The van der Waals surface area contributed by atoms with Crippen LogP contribution in [0.25, 0.3) is 0 Å². The molecule has 3 nitrogen and oxygen atoms in total. The van der Waals surface area contributed by atoms with Crippen molar-refractivity contribution in [3.05, 3.63) is 20.9 Å². The number of rotatable bonds is 3. The van der Waals surface area contributed by atoms with Crippen molar-refractivity contribution in [2.75, 3.05) is 0 Å². The molecule has 0 aliphatic carbocycles. The lowest BCUT2D eigenvalue weighted by molar-refractivity contribution is -0.276. The Morgan fingerprint density at radius 2 is 2.00 bits per heavy atom. The van der Waals surface area contributed by atoms with Gasteiger partial charge in [0.15, 0.2) is 0 Å². The van der Waals surface area contributed by atoms with Crippen LogP contribution in [0.2, 0.25) is 0 Å². The molecule has 0 aromatic carbocycles. The van der Waals surface area contributed by atoms with Gasteiger partial charge in [0.2, 0.25) is 5.88 Å². The summed E-state index contributed by atoms with van der Waals surface area (Å²) in [6, 6.07) is 0.969. The average molecular weight is 368 g/mol. The lowest BCUT2D eigenvalue weighted by Gasteiger charge is -2.14. The van der Waals surface area contributed by atoms with Crippen molar-refractivity contribution < 1.29 is 26.7 Å². The third kappa shape index (κ3) is 3.91. The molecule has 0 radical (unpaired) electrons. The summed E-state index contributed by atoms with van der Waals surface area (Å²) in [5.74, 6) is -0.929. The number of halogens is 6. The smallest absolute Gasteiger partial charge is 0.387 e. The van der Waals surface area contributed by atoms with E-state index in [1.165, 1.54) is 22.6 Å². The van der Waals surface area contributed by atoms with Gasteiger partial charge in [-0.15, -0.1) is 13.2 Å². The van der Waals surface area contributed by atoms with E-state index in [2.05, 4.69) is 9.72 Å². The van der Waals surface area contributed by atoms with E-state index in [1.54, 1.807) is 0 Å². The van der Waals surface area contributed by atoms with E-state index in [-0.39, 0.29) is 3.70 Å². The predicted octanol–water partition coefficient (Wildman–Crippen LogP) is 2.98. The molecule has 1 rings (SSSR count). The highest BCUT2D eigenvalue weighted by Gasteiger charge is 2.34. The fourth-order valence-electron chi connectivity index (χ4n) is 1.13. The number of ether oxygens (including phenoxy) is 1. The number of hydrogen-bond donors (Lipinski definition) is 1. The summed E-state index contributed by atoms with van der Waals surface area (Å²) in [7, 11) is 0. The maximum absolute atomic E-state index is 12.6. The van der Waals surface area contributed by atoms with E-state index in [1.807, 2.05) is 0 Å². The first-order valence-electron chi connectivity index (χ1n) is 4.18. The number of nitrogens with zero attached hydrogens (tertiary/aromatic N) is 1. The van der Waals surface area contributed by atoms with Crippen molar-refractivity contribution in [1.29, 1.82) is 0 Å². The summed E-state index contributed by atoms with van der Waals surface area (Å²) in [5.41, 5.74) is 4.08. The monoisotopic (exact) mass is 368 g/mol. The number of aromatic nitrogens is 1. The van der Waals surface area contributed by atoms with Gasteiger partial charge in [-0.2, -0.15) is 0 Å². The Morgan fingerprint density at radius 3 is 2.41 bits per heavy atom. The van der Waals surface area contributed by atoms with Crippen molar-refractivity contribution in [3.8, 4) is 5.88 Å². The predicted molar refractivity (Wildman–Crippen MR) is 56.5 cm³/mol. The fraction of sp³-hybridized carbons (Fsp3) is 0.375. The molecule has 1 aromatic rings. The van der Waals surface area contributed by atoms with Gasteiger partial charge >= 0.3 is 6.36 Å². The van der Waals surface area contributed by atoms with Crippen LogP contribution in [-0.2, 0) is 6.54 Å². The molecule has 0 aliphatic rings. The van der Waals surface area contributed by atoms with Gasteiger partial charge in [0.25, 0.3) is 6.43 Å². The van der Waals surface area contributed by atoms with Crippen molar-refractivity contribution in [2.45, 2.75) is 19.3 Å². The minimum absolute atomic E-state index is 0.0330. The van der Waals surface area contributed by atoms with E-state index < -0.39 is 36.3 Å². The van der Waals surface area contributed by atoms with E-state index in [0.29, 0.717) is 0 Å². The first kappa shape index (κ1) is 14.4.